The number of hydrogen-bond donors (Lipinski definition) is 2. The Morgan fingerprint density at radius 3 is 2.48 bits per heavy atom. The molecule has 0 aliphatic heterocycles. The third-order valence-electron chi connectivity index (χ3n) is 3.42. The molecule has 1 aromatic carbocycles. The van der Waals surface area contributed by atoms with Crippen LogP contribution in [0.1, 0.15) is 37.0 Å². The molecule has 3 N–H and O–H groups in total. The van der Waals surface area contributed by atoms with Crippen molar-refractivity contribution in [2.24, 2.45) is 5.73 Å². The number of nitro benzene ring substituents is 1. The van der Waals surface area contributed by atoms with E-state index < -0.39 is 16.4 Å². The van der Waals surface area contributed by atoms with Gasteiger partial charge in [-0.3, -0.25) is 14.9 Å². The summed E-state index contributed by atoms with van der Waals surface area (Å²) in [4.78, 5) is 22.4. The van der Waals surface area contributed by atoms with Crippen LogP contribution in [0.15, 0.2) is 18.2 Å². The Labute approximate surface area is 134 Å². The molecule has 0 fully saturated rings. The van der Waals surface area contributed by atoms with Gasteiger partial charge in [-0.2, -0.15) is 0 Å². The Morgan fingerprint density at radius 2 is 2.00 bits per heavy atom. The Balaban J connectivity index is 0.00000400. The van der Waals surface area contributed by atoms with Crippen LogP contribution < -0.4 is 11.1 Å². The lowest BCUT2D eigenvalue weighted by atomic mass is 9.94. The van der Waals surface area contributed by atoms with E-state index in [1.165, 1.54) is 18.2 Å². The Morgan fingerprint density at radius 1 is 1.43 bits per heavy atom. The van der Waals surface area contributed by atoms with E-state index in [0.29, 0.717) is 12.8 Å². The number of halogens is 2. The molecule has 6 nitrogen and oxygen atoms in total. The summed E-state index contributed by atoms with van der Waals surface area (Å²) in [6, 6.07) is 4.25. The third kappa shape index (κ3) is 4.84. The van der Waals surface area contributed by atoms with Gasteiger partial charge in [0.25, 0.3) is 5.91 Å². The molecule has 0 saturated heterocycles. The van der Waals surface area contributed by atoms with Crippen molar-refractivity contribution in [3.63, 3.8) is 0 Å². The fourth-order valence-electron chi connectivity index (χ4n) is 1.74. The average molecular weight is 336 g/mol. The number of hydrogen-bond acceptors (Lipinski definition) is 4. The van der Waals surface area contributed by atoms with Crippen molar-refractivity contribution in [2.75, 3.05) is 6.54 Å². The number of para-hydroxylation sites is 1. The van der Waals surface area contributed by atoms with Crippen LogP contribution in [-0.4, -0.2) is 22.9 Å². The maximum atomic E-state index is 12.1. The van der Waals surface area contributed by atoms with Gasteiger partial charge in [0.05, 0.1) is 4.92 Å². The summed E-state index contributed by atoms with van der Waals surface area (Å²) in [7, 11) is 0. The van der Waals surface area contributed by atoms with Gasteiger partial charge in [0.2, 0.25) is 0 Å². The van der Waals surface area contributed by atoms with Crippen LogP contribution in [0.5, 0.6) is 0 Å². The summed E-state index contributed by atoms with van der Waals surface area (Å²) >= 11 is 5.77. The van der Waals surface area contributed by atoms with E-state index in [4.69, 9.17) is 17.3 Å². The van der Waals surface area contributed by atoms with Crippen LogP contribution in [0.2, 0.25) is 5.02 Å². The highest BCUT2D eigenvalue weighted by Crippen LogP contribution is 2.28. The highest BCUT2D eigenvalue weighted by atomic mass is 35.5. The van der Waals surface area contributed by atoms with Crippen LogP contribution >= 0.6 is 24.0 Å². The third-order valence-corrected chi connectivity index (χ3v) is 3.73. The monoisotopic (exact) mass is 335 g/mol. The lowest BCUT2D eigenvalue weighted by Crippen LogP contribution is -2.49. The van der Waals surface area contributed by atoms with E-state index in [0.717, 1.165) is 0 Å². The number of nitrogens with zero attached hydrogens (tertiary/aromatic N) is 1. The molecule has 1 aromatic rings. The molecule has 0 saturated carbocycles. The first kappa shape index (κ1) is 19.6. The topological polar surface area (TPSA) is 98.3 Å². The summed E-state index contributed by atoms with van der Waals surface area (Å²) in [6.07, 6.45) is 1.39. The molecule has 21 heavy (non-hydrogen) atoms. The number of nitrogens with two attached hydrogens (primary N) is 1. The maximum Gasteiger partial charge on any atom is 0.300 e. The molecule has 0 heterocycles. The minimum atomic E-state index is -0.660. The lowest BCUT2D eigenvalue weighted by molar-refractivity contribution is -0.385. The number of carbonyl (C=O) groups is 1. The van der Waals surface area contributed by atoms with Gasteiger partial charge in [-0.15, -0.1) is 12.4 Å². The largest absolute Gasteiger partial charge is 0.350 e. The molecule has 0 atom stereocenters. The van der Waals surface area contributed by atoms with E-state index in [-0.39, 0.29) is 35.2 Å². The van der Waals surface area contributed by atoms with E-state index in [1.54, 1.807) is 0 Å². The van der Waals surface area contributed by atoms with Crippen molar-refractivity contribution in [3.8, 4) is 0 Å². The van der Waals surface area contributed by atoms with Crippen molar-refractivity contribution in [1.82, 2.24) is 5.32 Å². The standard InChI is InChI=1S/C13H18ClN3O3.ClH/c1-3-13(15,4-2)8-16-12(18)9-6-5-7-10(14)11(9)17(19)20;/h5-7H,3-4,8,15H2,1-2H3,(H,16,18);1H. The molecule has 0 aliphatic rings. The number of carbonyl (C=O) groups excluding carboxylic acids is 1. The SMILES string of the molecule is CCC(N)(CC)CNC(=O)c1cccc(Cl)c1[N+](=O)[O-].Cl. The predicted octanol–water partition coefficient (Wildman–Crippen LogP) is 2.92. The predicted molar refractivity (Wildman–Crippen MR) is 85.2 cm³/mol. The van der Waals surface area contributed by atoms with Crippen molar-refractivity contribution in [3.05, 3.63) is 38.9 Å². The van der Waals surface area contributed by atoms with Gasteiger partial charge < -0.3 is 11.1 Å². The molecular formula is C13H19Cl2N3O3. The fourth-order valence-corrected chi connectivity index (χ4v) is 1.98. The first-order chi connectivity index (χ1) is 9.34. The highest BCUT2D eigenvalue weighted by Gasteiger charge is 2.26. The lowest BCUT2D eigenvalue weighted by Gasteiger charge is -2.26. The zero-order valence-corrected chi connectivity index (χ0v) is 13.5. The van der Waals surface area contributed by atoms with E-state index >= 15 is 0 Å². The number of benzene rings is 1. The van der Waals surface area contributed by atoms with Gasteiger partial charge in [-0.25, -0.2) is 0 Å². The summed E-state index contributed by atoms with van der Waals surface area (Å²) in [5, 5.41) is 13.6. The number of nitrogens with one attached hydrogen (secondary N) is 1. The first-order valence-corrected chi connectivity index (χ1v) is 6.72. The van der Waals surface area contributed by atoms with Gasteiger partial charge >= 0.3 is 5.69 Å². The van der Waals surface area contributed by atoms with Crippen LogP contribution in [0.25, 0.3) is 0 Å². The van der Waals surface area contributed by atoms with Crippen molar-refractivity contribution >= 4 is 35.6 Å². The smallest absolute Gasteiger partial charge is 0.300 e. The van der Waals surface area contributed by atoms with Gasteiger partial charge in [-0.05, 0) is 25.0 Å². The van der Waals surface area contributed by atoms with E-state index in [1.807, 2.05) is 13.8 Å². The fraction of sp³-hybridized carbons (Fsp3) is 0.462. The normalized spacial score (nSPS) is 10.7. The van der Waals surface area contributed by atoms with Gasteiger partial charge in [0, 0.05) is 12.1 Å². The summed E-state index contributed by atoms with van der Waals surface area (Å²) < 4.78 is 0. The van der Waals surface area contributed by atoms with Crippen LogP contribution in [0.3, 0.4) is 0 Å². The van der Waals surface area contributed by atoms with Gasteiger partial charge in [-0.1, -0.05) is 31.5 Å². The second-order valence-corrected chi connectivity index (χ2v) is 5.05. The quantitative estimate of drug-likeness (QED) is 0.616. The van der Waals surface area contributed by atoms with Crippen molar-refractivity contribution in [1.29, 1.82) is 0 Å². The molecule has 0 bridgehead atoms. The molecule has 0 radical (unpaired) electrons. The molecule has 1 amide bonds. The second kappa shape index (κ2) is 8.17. The van der Waals surface area contributed by atoms with Gasteiger partial charge in [0.1, 0.15) is 10.6 Å². The number of nitro groups is 1. The summed E-state index contributed by atoms with van der Waals surface area (Å²) in [5.74, 6) is -0.545. The molecule has 1 rings (SSSR count). The maximum absolute atomic E-state index is 12.1. The van der Waals surface area contributed by atoms with Gasteiger partial charge in [0.15, 0.2) is 0 Å². The number of rotatable bonds is 6. The Kier molecular flexibility index (Phi) is 7.63. The minimum absolute atomic E-state index is 0. The first-order valence-electron chi connectivity index (χ1n) is 6.34. The van der Waals surface area contributed by atoms with Crippen molar-refractivity contribution < 1.29 is 9.72 Å². The van der Waals surface area contributed by atoms with E-state index in [2.05, 4.69) is 5.32 Å². The number of amides is 1. The van der Waals surface area contributed by atoms with Crippen LogP contribution in [-0.2, 0) is 0 Å². The molecular weight excluding hydrogens is 317 g/mol. The molecule has 0 aromatic heterocycles. The van der Waals surface area contributed by atoms with Crippen molar-refractivity contribution in [2.45, 2.75) is 32.2 Å². The average Bonchev–Trinajstić information content (AvgIpc) is 2.43. The Bertz CT molecular complexity index is 519. The summed E-state index contributed by atoms with van der Waals surface area (Å²) in [6.45, 7) is 4.11. The Hall–Kier alpha value is -1.37. The molecule has 0 aliphatic carbocycles. The zero-order valence-electron chi connectivity index (χ0n) is 11.9. The molecule has 0 spiro atoms. The van der Waals surface area contributed by atoms with E-state index in [9.17, 15) is 14.9 Å². The molecule has 8 heteroatoms. The van der Waals surface area contributed by atoms with Crippen LogP contribution in [0, 0.1) is 10.1 Å². The summed E-state index contributed by atoms with van der Waals surface area (Å²) in [5.41, 5.74) is 5.12. The minimum Gasteiger partial charge on any atom is -0.350 e. The zero-order chi connectivity index (χ0) is 15.3. The highest BCUT2D eigenvalue weighted by molar-refractivity contribution is 6.33. The molecule has 118 valence electrons. The second-order valence-electron chi connectivity index (χ2n) is 4.65. The molecule has 0 unspecified atom stereocenters. The van der Waals surface area contributed by atoms with Crippen LogP contribution in [0.4, 0.5) is 5.69 Å².